The lowest BCUT2D eigenvalue weighted by Gasteiger charge is -1.84. The molecule has 0 bridgehead atoms. The Balaban J connectivity index is 0.000000360. The highest BCUT2D eigenvalue weighted by Crippen LogP contribution is 1.85. The maximum absolute atomic E-state index is 3.80. The second-order valence-electron chi connectivity index (χ2n) is 0.868. The minimum atomic E-state index is 0. The van der Waals surface area contributed by atoms with Gasteiger partial charge in [0.1, 0.15) is 11.9 Å². The zero-order valence-corrected chi connectivity index (χ0v) is 5.95. The van der Waals surface area contributed by atoms with Crippen molar-refractivity contribution < 1.29 is 21.8 Å². The van der Waals surface area contributed by atoms with Crippen molar-refractivity contribution in [3.05, 3.63) is 11.5 Å². The second kappa shape index (κ2) is 4.36. The Morgan fingerprint density at radius 1 is 1.57 bits per heavy atom. The van der Waals surface area contributed by atoms with Crippen LogP contribution < -0.4 is 21.8 Å². The van der Waals surface area contributed by atoms with Crippen molar-refractivity contribution in [3.8, 4) is 0 Å². The van der Waals surface area contributed by atoms with Gasteiger partial charge in [-0.05, 0) is 6.08 Å². The summed E-state index contributed by atoms with van der Waals surface area (Å²) < 4.78 is 0. The van der Waals surface area contributed by atoms with E-state index in [1.165, 1.54) is 0 Å². The molecular formula is C3H5BrN2S. The molecule has 2 nitrogen and oxygen atoms in total. The summed E-state index contributed by atoms with van der Waals surface area (Å²) in [5.74, 6) is 0. The lowest BCUT2D eigenvalue weighted by atomic mass is 10.7. The smallest absolute Gasteiger partial charge is 0.129 e. The molecule has 0 fully saturated rings. The first-order valence-electron chi connectivity index (χ1n) is 1.65. The number of halogens is 1. The van der Waals surface area contributed by atoms with Gasteiger partial charge in [0.15, 0.2) is 0 Å². The van der Waals surface area contributed by atoms with Crippen molar-refractivity contribution in [3.63, 3.8) is 0 Å². The summed E-state index contributed by atoms with van der Waals surface area (Å²) in [7, 11) is 0. The third-order valence-electron chi connectivity index (χ3n) is 0.451. The van der Waals surface area contributed by atoms with Crippen LogP contribution in [0.25, 0.3) is 0 Å². The Hall–Kier alpha value is 0.200. The maximum atomic E-state index is 3.80. The Labute approximate surface area is 57.0 Å². The lowest BCUT2D eigenvalue weighted by Crippen LogP contribution is -3.00. The van der Waals surface area contributed by atoms with E-state index < -0.39 is 0 Å². The molecule has 0 unspecified atom stereocenters. The number of quaternary nitrogens is 1. The van der Waals surface area contributed by atoms with E-state index in [1.807, 2.05) is 11.5 Å². The van der Waals surface area contributed by atoms with Crippen LogP contribution in [0.3, 0.4) is 0 Å². The molecule has 1 aliphatic heterocycles. The van der Waals surface area contributed by atoms with Crippen LogP contribution in [-0.4, -0.2) is 6.21 Å². The van der Waals surface area contributed by atoms with Crippen LogP contribution >= 0.6 is 11.9 Å². The minimum Gasteiger partial charge on any atom is -1.00 e. The van der Waals surface area contributed by atoms with Crippen LogP contribution in [0, 0.1) is 0 Å². The van der Waals surface area contributed by atoms with Gasteiger partial charge in [-0.25, -0.2) is 0 Å². The topological polar surface area (TPSA) is 29.0 Å². The molecule has 0 amide bonds. The molecule has 40 valence electrons. The molecule has 0 saturated carbocycles. The van der Waals surface area contributed by atoms with E-state index in [0.29, 0.717) is 0 Å². The molecule has 0 aromatic rings. The third kappa shape index (κ3) is 2.85. The molecule has 0 aliphatic carbocycles. The molecule has 0 aromatic heterocycles. The molecule has 7 heavy (non-hydrogen) atoms. The fraction of sp³-hybridized carbons (Fsp3) is 0. The summed E-state index contributed by atoms with van der Waals surface area (Å²) in [6, 6.07) is 0. The first kappa shape index (κ1) is 7.20. The SMILES string of the molecule is C1=CS[NH2+]N=C1.[Br-]. The van der Waals surface area contributed by atoms with Gasteiger partial charge >= 0.3 is 0 Å². The highest BCUT2D eigenvalue weighted by molar-refractivity contribution is 7.95. The number of hydrogen-bond donors (Lipinski definition) is 1. The zero-order chi connectivity index (χ0) is 4.24. The van der Waals surface area contributed by atoms with Gasteiger partial charge in [0.2, 0.25) is 0 Å². The summed E-state index contributed by atoms with van der Waals surface area (Å²) in [5.41, 5.74) is 0. The normalized spacial score (nSPS) is 16.0. The van der Waals surface area contributed by atoms with Gasteiger partial charge < -0.3 is 17.0 Å². The first-order valence-corrected chi connectivity index (χ1v) is 2.60. The molecule has 0 aromatic carbocycles. The predicted octanol–water partition coefficient (Wildman–Crippen LogP) is -3.28. The maximum Gasteiger partial charge on any atom is 0.129 e. The second-order valence-corrected chi connectivity index (χ2v) is 1.62. The number of nitrogens with two attached hydrogens (primary N) is 1. The zero-order valence-electron chi connectivity index (χ0n) is 3.54. The number of allylic oxidation sites excluding steroid dienone is 1. The first-order chi connectivity index (χ1) is 3.00. The van der Waals surface area contributed by atoms with E-state index in [2.05, 4.69) is 5.10 Å². The highest BCUT2D eigenvalue weighted by atomic mass is 79.9. The monoisotopic (exact) mass is 180 g/mol. The molecule has 1 heterocycles. The molecule has 2 N–H and O–H groups in total. The van der Waals surface area contributed by atoms with E-state index in [0.717, 1.165) is 0 Å². The largest absolute Gasteiger partial charge is 1.00 e. The van der Waals surface area contributed by atoms with Crippen molar-refractivity contribution in [1.29, 1.82) is 0 Å². The predicted molar refractivity (Wildman–Crippen MR) is 27.1 cm³/mol. The number of hydrogen-bond acceptors (Lipinski definition) is 2. The summed E-state index contributed by atoms with van der Waals surface area (Å²) in [4.78, 5) is 1.79. The van der Waals surface area contributed by atoms with Crippen molar-refractivity contribution in [2.24, 2.45) is 5.10 Å². The van der Waals surface area contributed by atoms with Gasteiger partial charge in [-0.15, -0.1) is 0 Å². The van der Waals surface area contributed by atoms with Crippen molar-refractivity contribution in [2.45, 2.75) is 0 Å². The van der Waals surface area contributed by atoms with Crippen LogP contribution in [-0.2, 0) is 0 Å². The van der Waals surface area contributed by atoms with Gasteiger partial charge in [0.05, 0.1) is 6.21 Å². The Kier molecular flexibility index (Phi) is 4.49. The summed E-state index contributed by atoms with van der Waals surface area (Å²) >= 11 is 1.59. The van der Waals surface area contributed by atoms with Crippen molar-refractivity contribution >= 4 is 18.2 Å². The Bertz CT molecular complexity index is 78.9. The molecule has 0 spiro atoms. The van der Waals surface area contributed by atoms with Crippen LogP contribution in [0.1, 0.15) is 0 Å². The molecule has 0 radical (unpaired) electrons. The number of nitrogens with zero attached hydrogens (tertiary/aromatic N) is 1. The summed E-state index contributed by atoms with van der Waals surface area (Å²) in [6.07, 6.45) is 3.67. The quantitative estimate of drug-likeness (QED) is 0.308. The van der Waals surface area contributed by atoms with Crippen LogP contribution in [0.2, 0.25) is 0 Å². The third-order valence-corrected chi connectivity index (χ3v) is 1.01. The van der Waals surface area contributed by atoms with Gasteiger partial charge in [0.25, 0.3) is 0 Å². The fourth-order valence-corrected chi connectivity index (χ4v) is 0.607. The van der Waals surface area contributed by atoms with Gasteiger partial charge in [0, 0.05) is 5.41 Å². The van der Waals surface area contributed by atoms with E-state index in [9.17, 15) is 0 Å². The highest BCUT2D eigenvalue weighted by Gasteiger charge is 1.83. The average Bonchev–Trinajstić information content (AvgIpc) is 1.72. The van der Waals surface area contributed by atoms with E-state index in [4.69, 9.17) is 0 Å². The Morgan fingerprint density at radius 3 is 2.57 bits per heavy atom. The molecule has 0 atom stereocenters. The van der Waals surface area contributed by atoms with Crippen LogP contribution in [0.5, 0.6) is 0 Å². The molecule has 1 aliphatic rings. The summed E-state index contributed by atoms with van der Waals surface area (Å²) in [6.45, 7) is 0. The fourth-order valence-electron chi connectivity index (χ4n) is 0.236. The molecule has 0 saturated heterocycles. The van der Waals surface area contributed by atoms with Gasteiger partial charge in [-0.1, -0.05) is 5.10 Å². The summed E-state index contributed by atoms with van der Waals surface area (Å²) in [5, 5.41) is 5.78. The average molecular weight is 181 g/mol. The molecule has 1 rings (SSSR count). The van der Waals surface area contributed by atoms with Crippen LogP contribution in [0.4, 0.5) is 0 Å². The standard InChI is InChI=1S/C3H4N2S.BrH/c1-2-4-5-6-3-1;/h1-3,5H;1H. The Morgan fingerprint density at radius 2 is 2.43 bits per heavy atom. The van der Waals surface area contributed by atoms with E-state index in [1.54, 1.807) is 23.0 Å². The lowest BCUT2D eigenvalue weighted by molar-refractivity contribution is -0.483. The van der Waals surface area contributed by atoms with Gasteiger partial charge in [-0.2, -0.15) is 4.83 Å². The van der Waals surface area contributed by atoms with Crippen molar-refractivity contribution in [1.82, 2.24) is 0 Å². The van der Waals surface area contributed by atoms with Crippen LogP contribution in [0.15, 0.2) is 16.6 Å². The number of rotatable bonds is 0. The van der Waals surface area contributed by atoms with E-state index >= 15 is 0 Å². The molecule has 4 heteroatoms. The minimum absolute atomic E-state index is 0. The van der Waals surface area contributed by atoms with E-state index in [-0.39, 0.29) is 17.0 Å². The van der Waals surface area contributed by atoms with Gasteiger partial charge in [-0.3, -0.25) is 0 Å². The van der Waals surface area contributed by atoms with Crippen molar-refractivity contribution in [2.75, 3.05) is 0 Å². The molecular weight excluding hydrogens is 176 g/mol.